The molecule has 5 nitrogen and oxygen atoms in total. The van der Waals surface area contributed by atoms with E-state index >= 15 is 0 Å². The summed E-state index contributed by atoms with van der Waals surface area (Å²) in [4.78, 5) is 36.3. The van der Waals surface area contributed by atoms with Crippen molar-refractivity contribution in [3.05, 3.63) is 71.8 Å². The molecule has 38 heavy (non-hydrogen) atoms. The lowest BCUT2D eigenvalue weighted by Crippen LogP contribution is -2.36. The number of Topliss-reactive ketones (excluding diaryl/α,β-unsaturated/α-hetero) is 1. The smallest absolute Gasteiger partial charge is 0.306 e. The standard InChI is InChI=1S/C33H42O5/c1-32(25-13-5-3-6-14-25,28-19-21-30(35)37-28)23-11-9-17-27(34)18-10-12-24-33(2,26-15-7-4-8-16-26)29-20-22-31(36)38-29/h3-8,13-16,28-29H,9-12,17-24H2,1-2H3. The van der Waals surface area contributed by atoms with Crippen LogP contribution in [0.3, 0.4) is 0 Å². The summed E-state index contributed by atoms with van der Waals surface area (Å²) >= 11 is 0. The van der Waals surface area contributed by atoms with E-state index in [0.29, 0.717) is 31.5 Å². The molecule has 4 atom stereocenters. The van der Waals surface area contributed by atoms with Crippen LogP contribution in [0, 0.1) is 0 Å². The van der Waals surface area contributed by atoms with Gasteiger partial charge in [-0.25, -0.2) is 0 Å². The molecule has 2 aromatic rings. The maximum atomic E-state index is 12.7. The van der Waals surface area contributed by atoms with Crippen LogP contribution in [0.2, 0.25) is 0 Å². The van der Waals surface area contributed by atoms with E-state index in [1.807, 2.05) is 36.4 Å². The number of cyclic esters (lactones) is 2. The van der Waals surface area contributed by atoms with E-state index in [9.17, 15) is 14.4 Å². The predicted molar refractivity (Wildman–Crippen MR) is 148 cm³/mol. The molecule has 2 fully saturated rings. The van der Waals surface area contributed by atoms with Gasteiger partial charge in [0.2, 0.25) is 0 Å². The Balaban J connectivity index is 1.23. The Morgan fingerprint density at radius 3 is 1.42 bits per heavy atom. The van der Waals surface area contributed by atoms with Crippen molar-refractivity contribution in [1.29, 1.82) is 0 Å². The Labute approximate surface area is 227 Å². The lowest BCUT2D eigenvalue weighted by atomic mass is 9.72. The highest BCUT2D eigenvalue weighted by Gasteiger charge is 2.42. The number of hydrogen-bond acceptors (Lipinski definition) is 5. The minimum atomic E-state index is -0.234. The number of ether oxygens (including phenoxy) is 2. The van der Waals surface area contributed by atoms with Crippen molar-refractivity contribution in [2.24, 2.45) is 0 Å². The molecule has 0 bridgehead atoms. The third-order valence-corrected chi connectivity index (χ3v) is 8.86. The molecule has 0 saturated carbocycles. The molecule has 2 aromatic carbocycles. The zero-order chi connectivity index (χ0) is 27.0. The van der Waals surface area contributed by atoms with Gasteiger partial charge in [-0.3, -0.25) is 14.4 Å². The summed E-state index contributed by atoms with van der Waals surface area (Å²) in [5.74, 6) is 0.0935. The average Bonchev–Trinajstić information content (AvgIpc) is 3.58. The fourth-order valence-electron chi connectivity index (χ4n) is 6.32. The first-order valence-corrected chi connectivity index (χ1v) is 14.3. The molecule has 2 aliphatic rings. The third-order valence-electron chi connectivity index (χ3n) is 8.86. The van der Waals surface area contributed by atoms with Crippen LogP contribution in [0.4, 0.5) is 0 Å². The van der Waals surface area contributed by atoms with Gasteiger partial charge < -0.3 is 9.47 Å². The van der Waals surface area contributed by atoms with Gasteiger partial charge in [0.15, 0.2) is 0 Å². The summed E-state index contributed by atoms with van der Waals surface area (Å²) in [7, 11) is 0. The molecule has 0 N–H and O–H groups in total. The van der Waals surface area contributed by atoms with Gasteiger partial charge in [-0.05, 0) is 49.7 Å². The van der Waals surface area contributed by atoms with E-state index in [-0.39, 0.29) is 35.0 Å². The zero-order valence-electron chi connectivity index (χ0n) is 23.0. The molecule has 0 radical (unpaired) electrons. The average molecular weight is 519 g/mol. The normalized spacial score (nSPS) is 22.4. The first-order chi connectivity index (χ1) is 18.3. The Hall–Kier alpha value is -2.95. The number of esters is 2. The molecule has 204 valence electrons. The van der Waals surface area contributed by atoms with Gasteiger partial charge >= 0.3 is 11.9 Å². The summed E-state index contributed by atoms with van der Waals surface area (Å²) in [6.45, 7) is 4.39. The molecule has 4 rings (SSSR count). The van der Waals surface area contributed by atoms with Crippen molar-refractivity contribution < 1.29 is 23.9 Å². The summed E-state index contributed by atoms with van der Waals surface area (Å²) in [6, 6.07) is 20.6. The predicted octanol–water partition coefficient (Wildman–Crippen LogP) is 7.00. The van der Waals surface area contributed by atoms with Crippen LogP contribution < -0.4 is 0 Å². The lowest BCUT2D eigenvalue weighted by Gasteiger charge is -2.35. The van der Waals surface area contributed by atoms with Crippen molar-refractivity contribution in [2.45, 2.75) is 114 Å². The van der Waals surface area contributed by atoms with Gasteiger partial charge in [0.25, 0.3) is 0 Å². The van der Waals surface area contributed by atoms with E-state index in [4.69, 9.17) is 9.47 Å². The van der Waals surface area contributed by atoms with Gasteiger partial charge in [-0.2, -0.15) is 0 Å². The number of rotatable bonds is 14. The van der Waals surface area contributed by atoms with Gasteiger partial charge in [0.1, 0.15) is 18.0 Å². The summed E-state index contributed by atoms with van der Waals surface area (Å²) in [5.41, 5.74) is 1.92. The van der Waals surface area contributed by atoms with Gasteiger partial charge in [-0.15, -0.1) is 0 Å². The van der Waals surface area contributed by atoms with E-state index in [1.165, 1.54) is 11.1 Å². The van der Waals surface area contributed by atoms with Crippen LogP contribution in [-0.2, 0) is 34.7 Å². The SMILES string of the molecule is CC(CCCCC(=O)CCCCC(C)(c1ccccc1)C1CCC(=O)O1)(c1ccccc1)C1CCC(=O)O1. The van der Waals surface area contributed by atoms with E-state index in [1.54, 1.807) is 0 Å². The van der Waals surface area contributed by atoms with E-state index < -0.39 is 0 Å². The van der Waals surface area contributed by atoms with Gasteiger partial charge in [-0.1, -0.05) is 87.4 Å². The molecule has 2 saturated heterocycles. The number of ketones is 1. The van der Waals surface area contributed by atoms with Crippen LogP contribution >= 0.6 is 0 Å². The van der Waals surface area contributed by atoms with Crippen LogP contribution in [-0.4, -0.2) is 29.9 Å². The summed E-state index contributed by atoms with van der Waals surface area (Å²) < 4.78 is 11.4. The van der Waals surface area contributed by atoms with Crippen LogP contribution in [0.1, 0.15) is 102 Å². The quantitative estimate of drug-likeness (QED) is 0.199. The Bertz CT molecular complexity index is 996. The first kappa shape index (κ1) is 28.1. The van der Waals surface area contributed by atoms with Crippen LogP contribution in [0.25, 0.3) is 0 Å². The molecule has 2 aliphatic heterocycles. The molecule has 0 aromatic heterocycles. The second kappa shape index (κ2) is 12.7. The zero-order valence-corrected chi connectivity index (χ0v) is 23.0. The molecule has 2 heterocycles. The second-order valence-corrected chi connectivity index (χ2v) is 11.6. The summed E-state index contributed by atoms with van der Waals surface area (Å²) in [5, 5.41) is 0. The van der Waals surface area contributed by atoms with Crippen LogP contribution in [0.5, 0.6) is 0 Å². The van der Waals surface area contributed by atoms with Crippen LogP contribution in [0.15, 0.2) is 60.7 Å². The van der Waals surface area contributed by atoms with Crippen molar-refractivity contribution in [2.75, 3.05) is 0 Å². The number of carbonyl (C=O) groups excluding carboxylic acids is 3. The molecular weight excluding hydrogens is 476 g/mol. The fourth-order valence-corrected chi connectivity index (χ4v) is 6.32. The van der Waals surface area contributed by atoms with E-state index in [2.05, 4.69) is 38.1 Å². The Morgan fingerprint density at radius 1 is 0.684 bits per heavy atom. The Morgan fingerprint density at radius 2 is 1.08 bits per heavy atom. The molecule has 4 unspecified atom stereocenters. The molecule has 5 heteroatoms. The minimum Gasteiger partial charge on any atom is -0.461 e. The highest BCUT2D eigenvalue weighted by Crippen LogP contribution is 2.41. The molecule has 0 amide bonds. The maximum absolute atomic E-state index is 12.7. The molecule has 0 aliphatic carbocycles. The van der Waals surface area contributed by atoms with Crippen molar-refractivity contribution in [3.8, 4) is 0 Å². The van der Waals surface area contributed by atoms with E-state index in [0.717, 1.165) is 51.4 Å². The highest BCUT2D eigenvalue weighted by molar-refractivity contribution is 5.78. The first-order valence-electron chi connectivity index (χ1n) is 14.3. The number of hydrogen-bond donors (Lipinski definition) is 0. The third kappa shape index (κ3) is 6.73. The minimum absolute atomic E-state index is 0.105. The van der Waals surface area contributed by atoms with Gasteiger partial charge in [0.05, 0.1) is 0 Å². The van der Waals surface area contributed by atoms with Crippen molar-refractivity contribution in [3.63, 3.8) is 0 Å². The van der Waals surface area contributed by atoms with Crippen molar-refractivity contribution in [1.82, 2.24) is 0 Å². The largest absolute Gasteiger partial charge is 0.461 e. The monoisotopic (exact) mass is 518 g/mol. The Kier molecular flexibility index (Phi) is 9.40. The maximum Gasteiger partial charge on any atom is 0.306 e. The topological polar surface area (TPSA) is 69.7 Å². The number of unbranched alkanes of at least 4 members (excludes halogenated alkanes) is 2. The number of benzene rings is 2. The molecule has 0 spiro atoms. The highest BCUT2D eigenvalue weighted by atomic mass is 16.6. The number of carbonyl (C=O) groups is 3. The van der Waals surface area contributed by atoms with Crippen molar-refractivity contribution >= 4 is 17.7 Å². The lowest BCUT2D eigenvalue weighted by molar-refractivity contribution is -0.144. The molecular formula is C33H42O5. The summed E-state index contributed by atoms with van der Waals surface area (Å²) in [6.07, 6.45) is 8.76. The fraction of sp³-hybridized carbons (Fsp3) is 0.545. The second-order valence-electron chi connectivity index (χ2n) is 11.6. The van der Waals surface area contributed by atoms with Gasteiger partial charge in [0, 0.05) is 36.5 Å².